The molecule has 1 N–H and O–H groups in total. The first-order chi connectivity index (χ1) is 14.2. The van der Waals surface area contributed by atoms with Crippen LogP contribution in [0.1, 0.15) is 16.8 Å². The van der Waals surface area contributed by atoms with Crippen LogP contribution in [0.25, 0.3) is 11.3 Å². The van der Waals surface area contributed by atoms with Gasteiger partial charge in [-0.1, -0.05) is 24.3 Å². The second-order valence-electron chi connectivity index (χ2n) is 6.17. The van der Waals surface area contributed by atoms with Gasteiger partial charge in [-0.3, -0.25) is 4.79 Å². The van der Waals surface area contributed by atoms with E-state index in [0.717, 1.165) is 12.0 Å². The lowest BCUT2D eigenvalue weighted by Gasteiger charge is -2.10. The fourth-order valence-corrected chi connectivity index (χ4v) is 2.68. The maximum absolute atomic E-state index is 12.2. The highest BCUT2D eigenvalue weighted by molar-refractivity contribution is 5.94. The molecule has 1 aromatic heterocycles. The van der Waals surface area contributed by atoms with Crippen molar-refractivity contribution in [3.8, 4) is 28.6 Å². The van der Waals surface area contributed by atoms with Crippen LogP contribution in [-0.4, -0.2) is 43.2 Å². The minimum atomic E-state index is -0.115. The molecule has 0 aliphatic rings. The lowest BCUT2D eigenvalue weighted by atomic mass is 10.1. The zero-order chi connectivity index (χ0) is 20.5. The van der Waals surface area contributed by atoms with Gasteiger partial charge in [0.2, 0.25) is 5.88 Å². The molecule has 2 aromatic carbocycles. The summed E-state index contributed by atoms with van der Waals surface area (Å²) in [5.41, 5.74) is 2.14. The highest BCUT2D eigenvalue weighted by atomic mass is 16.5. The number of carbonyl (C=O) groups excluding carboxylic acids is 1. The number of nitrogens with zero attached hydrogens (tertiary/aromatic N) is 2. The molecule has 0 saturated heterocycles. The average molecular weight is 393 g/mol. The quantitative estimate of drug-likeness (QED) is 0.558. The molecule has 0 spiro atoms. The molecule has 7 heteroatoms. The van der Waals surface area contributed by atoms with E-state index in [4.69, 9.17) is 14.2 Å². The first-order valence-electron chi connectivity index (χ1n) is 9.21. The van der Waals surface area contributed by atoms with Gasteiger partial charge in [0.25, 0.3) is 5.91 Å². The van der Waals surface area contributed by atoms with Crippen molar-refractivity contribution in [2.24, 2.45) is 0 Å². The first-order valence-corrected chi connectivity index (χ1v) is 9.21. The molecule has 0 fully saturated rings. The topological polar surface area (TPSA) is 82.6 Å². The molecule has 150 valence electrons. The molecule has 3 rings (SSSR count). The number of hydrogen-bond donors (Lipinski definition) is 1. The molecule has 0 radical (unpaired) electrons. The Labute approximate surface area is 169 Å². The predicted octanol–water partition coefficient (Wildman–Crippen LogP) is 3.71. The van der Waals surface area contributed by atoms with Crippen LogP contribution in [0.5, 0.6) is 17.4 Å². The smallest absolute Gasteiger partial charge is 0.251 e. The maximum Gasteiger partial charge on any atom is 0.251 e. The van der Waals surface area contributed by atoms with Gasteiger partial charge in [-0.15, -0.1) is 0 Å². The summed E-state index contributed by atoms with van der Waals surface area (Å²) in [6, 6.07) is 16.3. The molecule has 3 aromatic rings. The van der Waals surface area contributed by atoms with E-state index in [2.05, 4.69) is 15.3 Å². The third-order valence-electron chi connectivity index (χ3n) is 4.18. The Kier molecular flexibility index (Phi) is 7.13. The van der Waals surface area contributed by atoms with Crippen molar-refractivity contribution in [1.82, 2.24) is 15.3 Å². The minimum absolute atomic E-state index is 0.115. The molecule has 1 heterocycles. The predicted molar refractivity (Wildman–Crippen MR) is 109 cm³/mol. The van der Waals surface area contributed by atoms with Crippen molar-refractivity contribution in [2.45, 2.75) is 6.42 Å². The zero-order valence-electron chi connectivity index (χ0n) is 16.4. The number of hydrogen-bond acceptors (Lipinski definition) is 6. The molecular weight excluding hydrogens is 370 g/mol. The van der Waals surface area contributed by atoms with Gasteiger partial charge < -0.3 is 19.5 Å². The van der Waals surface area contributed by atoms with Crippen LogP contribution in [-0.2, 0) is 4.74 Å². The number of methoxy groups -OCH3 is 2. The standard InChI is InChI=1S/C22H23N3O4/c1-27-13-5-12-23-22(26)17-10-8-16(9-11-17)18-14-21(25-15-24-18)29-20-7-4-3-6-19(20)28-2/h3-4,6-11,14-15H,5,12-13H2,1-2H3,(H,23,26). The van der Waals surface area contributed by atoms with E-state index in [0.29, 0.717) is 41.8 Å². The molecule has 0 unspecified atom stereocenters. The third kappa shape index (κ3) is 5.52. The van der Waals surface area contributed by atoms with Crippen molar-refractivity contribution >= 4 is 5.91 Å². The molecule has 0 aliphatic heterocycles. The number of carbonyl (C=O) groups is 1. The lowest BCUT2D eigenvalue weighted by molar-refractivity contribution is 0.0948. The highest BCUT2D eigenvalue weighted by Gasteiger charge is 2.09. The summed E-state index contributed by atoms with van der Waals surface area (Å²) in [6.45, 7) is 1.19. The van der Waals surface area contributed by atoms with Gasteiger partial charge in [0.1, 0.15) is 6.33 Å². The van der Waals surface area contributed by atoms with Crippen LogP contribution in [0.3, 0.4) is 0 Å². The van der Waals surface area contributed by atoms with Crippen molar-refractivity contribution in [3.63, 3.8) is 0 Å². The molecule has 1 amide bonds. The van der Waals surface area contributed by atoms with Crippen LogP contribution in [0.2, 0.25) is 0 Å². The number of rotatable bonds is 9. The molecule has 0 aliphatic carbocycles. The number of aromatic nitrogens is 2. The monoisotopic (exact) mass is 393 g/mol. The largest absolute Gasteiger partial charge is 0.493 e. The Balaban J connectivity index is 1.69. The second kappa shape index (κ2) is 10.2. The van der Waals surface area contributed by atoms with Crippen molar-refractivity contribution in [3.05, 3.63) is 66.5 Å². The molecule has 7 nitrogen and oxygen atoms in total. The normalized spacial score (nSPS) is 10.4. The second-order valence-corrected chi connectivity index (χ2v) is 6.17. The van der Waals surface area contributed by atoms with Crippen LogP contribution >= 0.6 is 0 Å². The van der Waals surface area contributed by atoms with E-state index in [9.17, 15) is 4.79 Å². The number of benzene rings is 2. The van der Waals surface area contributed by atoms with Crippen molar-refractivity contribution in [1.29, 1.82) is 0 Å². The van der Waals surface area contributed by atoms with E-state index < -0.39 is 0 Å². The zero-order valence-corrected chi connectivity index (χ0v) is 16.4. The summed E-state index contributed by atoms with van der Waals surface area (Å²) in [7, 11) is 3.23. The lowest BCUT2D eigenvalue weighted by Crippen LogP contribution is -2.25. The van der Waals surface area contributed by atoms with E-state index in [1.165, 1.54) is 6.33 Å². The molecule has 29 heavy (non-hydrogen) atoms. The Morgan fingerprint density at radius 1 is 1.00 bits per heavy atom. The van der Waals surface area contributed by atoms with Gasteiger partial charge in [0.05, 0.1) is 12.8 Å². The van der Waals surface area contributed by atoms with Crippen molar-refractivity contribution < 1.29 is 19.0 Å². The summed E-state index contributed by atoms with van der Waals surface area (Å²) < 4.78 is 16.1. The van der Waals surface area contributed by atoms with Gasteiger partial charge in [-0.25, -0.2) is 9.97 Å². The summed E-state index contributed by atoms with van der Waals surface area (Å²) in [4.78, 5) is 20.6. The Morgan fingerprint density at radius 2 is 1.76 bits per heavy atom. The Bertz CT molecular complexity index is 945. The molecule has 0 saturated carbocycles. The van der Waals surface area contributed by atoms with Gasteiger partial charge in [-0.2, -0.15) is 0 Å². The number of para-hydroxylation sites is 2. The summed E-state index contributed by atoms with van der Waals surface area (Å²) >= 11 is 0. The maximum atomic E-state index is 12.2. The van der Waals surface area contributed by atoms with E-state index in [1.54, 1.807) is 38.5 Å². The van der Waals surface area contributed by atoms with Gasteiger partial charge in [-0.05, 0) is 30.7 Å². The van der Waals surface area contributed by atoms with Gasteiger partial charge in [0, 0.05) is 37.5 Å². The molecular formula is C22H23N3O4. The van der Waals surface area contributed by atoms with E-state index >= 15 is 0 Å². The average Bonchev–Trinajstić information content (AvgIpc) is 2.77. The fourth-order valence-electron chi connectivity index (χ4n) is 2.68. The summed E-state index contributed by atoms with van der Waals surface area (Å²) in [5.74, 6) is 1.48. The van der Waals surface area contributed by atoms with Gasteiger partial charge >= 0.3 is 0 Å². The fraction of sp³-hybridized carbons (Fsp3) is 0.227. The number of amides is 1. The summed E-state index contributed by atoms with van der Waals surface area (Å²) in [6.07, 6.45) is 2.22. The minimum Gasteiger partial charge on any atom is -0.493 e. The van der Waals surface area contributed by atoms with Crippen molar-refractivity contribution in [2.75, 3.05) is 27.4 Å². The Morgan fingerprint density at radius 3 is 2.48 bits per heavy atom. The number of nitrogens with one attached hydrogen (secondary N) is 1. The van der Waals surface area contributed by atoms with E-state index in [1.807, 2.05) is 30.3 Å². The van der Waals surface area contributed by atoms with Crippen LogP contribution in [0.4, 0.5) is 0 Å². The Hall–Kier alpha value is -3.45. The molecule has 0 atom stereocenters. The highest BCUT2D eigenvalue weighted by Crippen LogP contribution is 2.31. The molecule has 0 bridgehead atoms. The first kappa shape index (κ1) is 20.3. The van der Waals surface area contributed by atoms with E-state index in [-0.39, 0.29) is 5.91 Å². The SMILES string of the molecule is COCCCNC(=O)c1ccc(-c2cc(Oc3ccccc3OC)ncn2)cc1. The van der Waals surface area contributed by atoms with Crippen LogP contribution in [0, 0.1) is 0 Å². The van der Waals surface area contributed by atoms with Gasteiger partial charge in [0.15, 0.2) is 11.5 Å². The summed E-state index contributed by atoms with van der Waals surface area (Å²) in [5, 5.41) is 2.86. The third-order valence-corrected chi connectivity index (χ3v) is 4.18. The van der Waals surface area contributed by atoms with Crippen LogP contribution < -0.4 is 14.8 Å². The van der Waals surface area contributed by atoms with Crippen LogP contribution in [0.15, 0.2) is 60.9 Å². The number of ether oxygens (including phenoxy) is 3.